The molecule has 0 fully saturated rings. The zero-order chi connectivity index (χ0) is 21.6. The number of hydrogen-bond donors (Lipinski definition) is 3. The Bertz CT molecular complexity index is 1250. The summed E-state index contributed by atoms with van der Waals surface area (Å²) in [7, 11) is -3.85. The maximum Gasteiger partial charge on any atom is 0.254 e. The molecule has 2 heterocycles. The molecule has 1 aliphatic heterocycles. The molecule has 30 heavy (non-hydrogen) atoms. The van der Waals surface area contributed by atoms with Gasteiger partial charge in [-0.15, -0.1) is 0 Å². The Morgan fingerprint density at radius 3 is 2.53 bits per heavy atom. The van der Waals surface area contributed by atoms with Crippen LogP contribution in [0, 0.1) is 0 Å². The molecule has 0 unspecified atom stereocenters. The molecule has 0 radical (unpaired) electrons. The van der Waals surface area contributed by atoms with Crippen LogP contribution in [-0.4, -0.2) is 41.1 Å². The maximum absolute atomic E-state index is 12.9. The standard InChI is InChI=1S/C19H16ClN3O6S/c20-14-7-12(16(24)8-17(14)25)18-13-9-23(6-5-15(13)22-29-18)19(26)10-1-3-11(4-2-10)30(21,27)28/h1-4,7-8,24-25H,5-6,9H2,(H2,21,27,28). The largest absolute Gasteiger partial charge is 0.507 e. The van der Waals surface area contributed by atoms with Gasteiger partial charge in [-0.1, -0.05) is 16.8 Å². The van der Waals surface area contributed by atoms with Crippen molar-refractivity contribution in [2.45, 2.75) is 17.9 Å². The predicted molar refractivity (Wildman–Crippen MR) is 107 cm³/mol. The minimum absolute atomic E-state index is 0.0339. The van der Waals surface area contributed by atoms with Crippen molar-refractivity contribution in [2.24, 2.45) is 5.14 Å². The Hall–Kier alpha value is -3.08. The van der Waals surface area contributed by atoms with Gasteiger partial charge in [0.2, 0.25) is 10.0 Å². The number of primary sulfonamides is 1. The van der Waals surface area contributed by atoms with Crippen LogP contribution in [0.3, 0.4) is 0 Å². The summed E-state index contributed by atoms with van der Waals surface area (Å²) in [5.41, 5.74) is 1.83. The molecule has 1 aliphatic rings. The molecule has 2 aromatic carbocycles. The summed E-state index contributed by atoms with van der Waals surface area (Å²) in [5.74, 6) is -0.558. The second-order valence-corrected chi connectivity index (χ2v) is 8.77. The van der Waals surface area contributed by atoms with Crippen molar-refractivity contribution < 1.29 is 27.9 Å². The van der Waals surface area contributed by atoms with E-state index in [2.05, 4.69) is 5.16 Å². The van der Waals surface area contributed by atoms with Crippen LogP contribution in [0.25, 0.3) is 11.3 Å². The van der Waals surface area contributed by atoms with Crippen molar-refractivity contribution >= 4 is 27.5 Å². The quantitative estimate of drug-likeness (QED) is 0.555. The van der Waals surface area contributed by atoms with E-state index in [4.69, 9.17) is 21.3 Å². The van der Waals surface area contributed by atoms with Crippen LogP contribution in [0.2, 0.25) is 5.02 Å². The first-order chi connectivity index (χ1) is 14.1. The fraction of sp³-hybridized carbons (Fsp3) is 0.158. The number of nitrogens with zero attached hydrogens (tertiary/aromatic N) is 2. The molecule has 0 aliphatic carbocycles. The molecule has 1 aromatic heterocycles. The van der Waals surface area contributed by atoms with Gasteiger partial charge in [-0.25, -0.2) is 13.6 Å². The number of amides is 1. The van der Waals surface area contributed by atoms with Gasteiger partial charge < -0.3 is 19.6 Å². The zero-order valence-corrected chi connectivity index (χ0v) is 16.9. The molecule has 0 saturated carbocycles. The molecule has 4 N–H and O–H groups in total. The van der Waals surface area contributed by atoms with Crippen molar-refractivity contribution in [1.82, 2.24) is 10.1 Å². The van der Waals surface area contributed by atoms with Gasteiger partial charge in [0.1, 0.15) is 11.5 Å². The number of fused-ring (bicyclic) bond motifs is 1. The van der Waals surface area contributed by atoms with E-state index in [-0.39, 0.29) is 45.2 Å². The number of aromatic nitrogens is 1. The minimum atomic E-state index is -3.85. The van der Waals surface area contributed by atoms with E-state index in [1.54, 1.807) is 4.90 Å². The first-order valence-electron chi connectivity index (χ1n) is 8.76. The Morgan fingerprint density at radius 2 is 1.87 bits per heavy atom. The van der Waals surface area contributed by atoms with Gasteiger partial charge in [0.05, 0.1) is 27.7 Å². The van der Waals surface area contributed by atoms with Gasteiger partial charge in [0.15, 0.2) is 5.76 Å². The average Bonchev–Trinajstić information content (AvgIpc) is 3.12. The van der Waals surface area contributed by atoms with E-state index in [9.17, 15) is 23.4 Å². The number of benzene rings is 2. The highest BCUT2D eigenvalue weighted by Crippen LogP contribution is 2.40. The fourth-order valence-corrected chi connectivity index (χ4v) is 3.98. The molecule has 4 rings (SSSR count). The maximum atomic E-state index is 12.9. The van der Waals surface area contributed by atoms with Crippen molar-refractivity contribution in [3.8, 4) is 22.8 Å². The molecule has 3 aromatic rings. The van der Waals surface area contributed by atoms with Crippen LogP contribution in [0.15, 0.2) is 45.8 Å². The first kappa shape index (κ1) is 20.2. The molecule has 156 valence electrons. The summed E-state index contributed by atoms with van der Waals surface area (Å²) in [5, 5.41) is 29.0. The Kier molecular flexibility index (Phi) is 4.92. The lowest BCUT2D eigenvalue weighted by Crippen LogP contribution is -2.36. The average molecular weight is 450 g/mol. The number of sulfonamides is 1. The van der Waals surface area contributed by atoms with Crippen molar-refractivity contribution in [3.05, 3.63) is 58.2 Å². The molecule has 0 saturated heterocycles. The van der Waals surface area contributed by atoms with Crippen LogP contribution in [0.1, 0.15) is 21.6 Å². The number of aromatic hydroxyl groups is 2. The third-order valence-corrected chi connectivity index (χ3v) is 6.10. The Balaban J connectivity index is 1.63. The summed E-state index contributed by atoms with van der Waals surface area (Å²) in [6.07, 6.45) is 0.437. The number of phenols is 2. The van der Waals surface area contributed by atoms with E-state index in [0.29, 0.717) is 29.8 Å². The predicted octanol–water partition coefficient (Wildman–Crippen LogP) is 2.25. The van der Waals surface area contributed by atoms with Crippen LogP contribution in [-0.2, 0) is 23.0 Å². The van der Waals surface area contributed by atoms with E-state index < -0.39 is 10.0 Å². The molecule has 0 bridgehead atoms. The van der Waals surface area contributed by atoms with Crippen molar-refractivity contribution in [2.75, 3.05) is 6.54 Å². The molecule has 9 nitrogen and oxygen atoms in total. The Labute approximate surface area is 176 Å². The van der Waals surface area contributed by atoms with Crippen molar-refractivity contribution in [1.29, 1.82) is 0 Å². The highest BCUT2D eigenvalue weighted by molar-refractivity contribution is 7.89. The SMILES string of the molecule is NS(=O)(=O)c1ccc(C(=O)N2CCc3noc(-c4cc(Cl)c(O)cc4O)c3C2)cc1. The lowest BCUT2D eigenvalue weighted by atomic mass is 10.00. The normalized spacial score (nSPS) is 13.9. The third-order valence-electron chi connectivity index (χ3n) is 4.86. The number of phenolic OH excluding ortho intramolecular Hbond substituents is 2. The number of rotatable bonds is 3. The summed E-state index contributed by atoms with van der Waals surface area (Å²) >= 11 is 5.95. The summed E-state index contributed by atoms with van der Waals surface area (Å²) in [6.45, 7) is 0.555. The molecular formula is C19H16ClN3O6S. The number of hydrogen-bond acceptors (Lipinski definition) is 7. The third kappa shape index (κ3) is 3.60. The highest BCUT2D eigenvalue weighted by Gasteiger charge is 2.29. The van der Waals surface area contributed by atoms with Crippen LogP contribution in [0.4, 0.5) is 0 Å². The first-order valence-corrected chi connectivity index (χ1v) is 10.7. The smallest absolute Gasteiger partial charge is 0.254 e. The molecular weight excluding hydrogens is 434 g/mol. The zero-order valence-electron chi connectivity index (χ0n) is 15.4. The van der Waals surface area contributed by atoms with Crippen LogP contribution in [0.5, 0.6) is 11.5 Å². The van der Waals surface area contributed by atoms with E-state index in [1.807, 2.05) is 0 Å². The number of nitrogens with two attached hydrogens (primary N) is 1. The molecule has 0 atom stereocenters. The molecule has 0 spiro atoms. The van der Waals surface area contributed by atoms with Gasteiger partial charge in [-0.3, -0.25) is 4.79 Å². The van der Waals surface area contributed by atoms with E-state index >= 15 is 0 Å². The second-order valence-electron chi connectivity index (χ2n) is 6.80. The van der Waals surface area contributed by atoms with Gasteiger partial charge >= 0.3 is 0 Å². The van der Waals surface area contributed by atoms with Crippen LogP contribution < -0.4 is 5.14 Å². The number of carbonyl (C=O) groups is 1. The highest BCUT2D eigenvalue weighted by atomic mass is 35.5. The topological polar surface area (TPSA) is 147 Å². The monoisotopic (exact) mass is 449 g/mol. The van der Waals surface area contributed by atoms with E-state index in [1.165, 1.54) is 30.3 Å². The minimum Gasteiger partial charge on any atom is -0.507 e. The van der Waals surface area contributed by atoms with Gasteiger partial charge in [0, 0.05) is 30.2 Å². The lowest BCUT2D eigenvalue weighted by molar-refractivity contribution is 0.0734. The van der Waals surface area contributed by atoms with E-state index in [0.717, 1.165) is 6.07 Å². The lowest BCUT2D eigenvalue weighted by Gasteiger charge is -2.26. The van der Waals surface area contributed by atoms with Crippen LogP contribution >= 0.6 is 11.6 Å². The van der Waals surface area contributed by atoms with Gasteiger partial charge in [-0.05, 0) is 30.3 Å². The number of halogens is 1. The van der Waals surface area contributed by atoms with Crippen molar-refractivity contribution in [3.63, 3.8) is 0 Å². The summed E-state index contributed by atoms with van der Waals surface area (Å²) in [6, 6.07) is 7.82. The number of carbonyl (C=O) groups excluding carboxylic acids is 1. The Morgan fingerprint density at radius 1 is 1.17 bits per heavy atom. The molecule has 1 amide bonds. The van der Waals surface area contributed by atoms with Gasteiger partial charge in [-0.2, -0.15) is 0 Å². The van der Waals surface area contributed by atoms with Gasteiger partial charge in [0.25, 0.3) is 5.91 Å². The fourth-order valence-electron chi connectivity index (χ4n) is 3.30. The molecule has 11 heteroatoms. The second kappa shape index (κ2) is 7.31. The summed E-state index contributed by atoms with van der Waals surface area (Å²) in [4.78, 5) is 14.4. The summed E-state index contributed by atoms with van der Waals surface area (Å²) < 4.78 is 28.2.